The van der Waals surface area contributed by atoms with Crippen molar-refractivity contribution in [2.75, 3.05) is 11.3 Å². The summed E-state index contributed by atoms with van der Waals surface area (Å²) in [5, 5.41) is 2.80. The molecule has 0 radical (unpaired) electrons. The summed E-state index contributed by atoms with van der Waals surface area (Å²) in [6.45, 7) is 4.04. The minimum absolute atomic E-state index is 0.00973. The summed E-state index contributed by atoms with van der Waals surface area (Å²) in [4.78, 5) is 12.6. The maximum Gasteiger partial charge on any atom is 0.261 e. The largest absolute Gasteiger partial charge is 0.494 e. The number of hydrogen-bond acceptors (Lipinski definition) is 4. The first-order chi connectivity index (χ1) is 15.2. The number of sulfonamides is 1. The number of carbonyl (C=O) groups excluding carboxylic acids is 1. The number of rotatable bonds is 8. The lowest BCUT2D eigenvalue weighted by atomic mass is 10.1. The highest BCUT2D eigenvalue weighted by Gasteiger charge is 2.20. The molecule has 1 unspecified atom stereocenters. The molecule has 0 bridgehead atoms. The first-order valence-corrected chi connectivity index (χ1v) is 11.7. The van der Waals surface area contributed by atoms with E-state index in [4.69, 9.17) is 16.3 Å². The van der Waals surface area contributed by atoms with E-state index in [9.17, 15) is 17.6 Å². The highest BCUT2D eigenvalue weighted by atomic mass is 35.5. The molecule has 6 nitrogen and oxygen atoms in total. The zero-order valence-electron chi connectivity index (χ0n) is 17.4. The molecule has 32 heavy (non-hydrogen) atoms. The van der Waals surface area contributed by atoms with Crippen LogP contribution in [0, 0.1) is 5.82 Å². The van der Waals surface area contributed by atoms with Crippen LogP contribution in [0.2, 0.25) is 5.02 Å². The van der Waals surface area contributed by atoms with Crippen molar-refractivity contribution in [3.8, 4) is 5.75 Å². The topological polar surface area (TPSA) is 84.5 Å². The fraction of sp³-hybridized carbons (Fsp3) is 0.174. The van der Waals surface area contributed by atoms with Gasteiger partial charge in [0.15, 0.2) is 0 Å². The molecule has 0 spiro atoms. The number of nitrogens with one attached hydrogen (secondary N) is 2. The molecule has 3 aromatic rings. The van der Waals surface area contributed by atoms with Crippen LogP contribution in [0.25, 0.3) is 0 Å². The molecular formula is C23H22ClFN2O4S. The van der Waals surface area contributed by atoms with Gasteiger partial charge < -0.3 is 10.1 Å². The van der Waals surface area contributed by atoms with E-state index in [1.165, 1.54) is 30.3 Å². The lowest BCUT2D eigenvalue weighted by molar-refractivity contribution is 0.0939. The van der Waals surface area contributed by atoms with Gasteiger partial charge in [0.1, 0.15) is 11.6 Å². The third-order valence-electron chi connectivity index (χ3n) is 4.61. The lowest BCUT2D eigenvalue weighted by Crippen LogP contribution is -2.27. The zero-order chi connectivity index (χ0) is 23.3. The molecular weight excluding hydrogens is 455 g/mol. The predicted octanol–water partition coefficient (Wildman–Crippen LogP) is 5.17. The van der Waals surface area contributed by atoms with Gasteiger partial charge in [-0.25, -0.2) is 12.8 Å². The molecule has 3 aromatic carbocycles. The van der Waals surface area contributed by atoms with Crippen molar-refractivity contribution in [1.29, 1.82) is 0 Å². The van der Waals surface area contributed by atoms with E-state index in [0.29, 0.717) is 23.6 Å². The second-order valence-electron chi connectivity index (χ2n) is 6.95. The van der Waals surface area contributed by atoms with Crippen LogP contribution in [-0.4, -0.2) is 20.9 Å². The normalized spacial score (nSPS) is 12.1. The Kier molecular flexibility index (Phi) is 7.37. The highest BCUT2D eigenvalue weighted by molar-refractivity contribution is 7.92. The molecule has 2 N–H and O–H groups in total. The van der Waals surface area contributed by atoms with Gasteiger partial charge in [0.05, 0.1) is 28.1 Å². The average Bonchev–Trinajstić information content (AvgIpc) is 2.75. The van der Waals surface area contributed by atoms with Crippen LogP contribution >= 0.6 is 11.6 Å². The molecule has 0 fully saturated rings. The lowest BCUT2D eigenvalue weighted by Gasteiger charge is -2.16. The van der Waals surface area contributed by atoms with Crippen molar-refractivity contribution in [3.63, 3.8) is 0 Å². The van der Waals surface area contributed by atoms with Gasteiger partial charge in [0, 0.05) is 5.69 Å². The SMILES string of the molecule is CCOc1ccc(NS(=O)(=O)c2ccc(Cl)c(C(=O)NC(C)c3cccc(F)c3)c2)cc1. The third-order valence-corrected chi connectivity index (χ3v) is 6.32. The molecule has 0 aliphatic carbocycles. The summed E-state index contributed by atoms with van der Waals surface area (Å²) in [5.41, 5.74) is 0.897. The summed E-state index contributed by atoms with van der Waals surface area (Å²) >= 11 is 6.15. The van der Waals surface area contributed by atoms with Gasteiger partial charge in [-0.3, -0.25) is 9.52 Å². The van der Waals surface area contributed by atoms with Crippen LogP contribution in [0.1, 0.15) is 35.8 Å². The quantitative estimate of drug-likeness (QED) is 0.469. The van der Waals surface area contributed by atoms with Crippen molar-refractivity contribution >= 4 is 33.2 Å². The Balaban J connectivity index is 1.79. The van der Waals surface area contributed by atoms with E-state index in [1.807, 2.05) is 6.92 Å². The predicted molar refractivity (Wildman–Crippen MR) is 122 cm³/mol. The zero-order valence-corrected chi connectivity index (χ0v) is 19.0. The molecule has 168 valence electrons. The van der Waals surface area contributed by atoms with Crippen LogP contribution in [0.15, 0.2) is 71.6 Å². The van der Waals surface area contributed by atoms with E-state index in [0.717, 1.165) is 0 Å². The summed E-state index contributed by atoms with van der Waals surface area (Å²) in [5.74, 6) is -0.381. The van der Waals surface area contributed by atoms with Crippen LogP contribution in [0.4, 0.5) is 10.1 Å². The van der Waals surface area contributed by atoms with Crippen LogP contribution in [0.3, 0.4) is 0 Å². The van der Waals surface area contributed by atoms with Crippen molar-refractivity contribution < 1.29 is 22.3 Å². The van der Waals surface area contributed by atoms with E-state index in [1.54, 1.807) is 43.3 Å². The molecule has 0 saturated carbocycles. The standard InChI is InChI=1S/C23H22ClFN2O4S/c1-3-31-19-9-7-18(8-10-19)27-32(29,30)20-11-12-22(24)21(14-20)23(28)26-15(2)16-5-4-6-17(25)13-16/h4-15,27H,3H2,1-2H3,(H,26,28). The monoisotopic (exact) mass is 476 g/mol. The Bertz CT molecular complexity index is 1220. The molecule has 9 heteroatoms. The molecule has 0 aromatic heterocycles. The average molecular weight is 477 g/mol. The fourth-order valence-electron chi connectivity index (χ4n) is 2.98. The van der Waals surface area contributed by atoms with Gasteiger partial charge in [0.25, 0.3) is 15.9 Å². The molecule has 0 aliphatic heterocycles. The Labute approximate surface area is 191 Å². The third kappa shape index (κ3) is 5.77. The number of amides is 1. The van der Waals surface area contributed by atoms with Gasteiger partial charge in [-0.1, -0.05) is 23.7 Å². The summed E-state index contributed by atoms with van der Waals surface area (Å²) < 4.78 is 46.9. The van der Waals surface area contributed by atoms with Crippen molar-refractivity contribution in [3.05, 3.63) is 88.7 Å². The molecule has 1 amide bonds. The maximum atomic E-state index is 13.5. The summed E-state index contributed by atoms with van der Waals surface area (Å²) in [7, 11) is -3.98. The molecule has 0 heterocycles. The van der Waals surface area contributed by atoms with Crippen molar-refractivity contribution in [1.82, 2.24) is 5.32 Å². The van der Waals surface area contributed by atoms with Crippen LogP contribution < -0.4 is 14.8 Å². The van der Waals surface area contributed by atoms with E-state index < -0.39 is 27.8 Å². The molecule has 3 rings (SSSR count). The number of benzene rings is 3. The highest BCUT2D eigenvalue weighted by Crippen LogP contribution is 2.24. The Morgan fingerprint density at radius 2 is 1.81 bits per heavy atom. The number of carbonyl (C=O) groups is 1. The van der Waals surface area contributed by atoms with Crippen molar-refractivity contribution in [2.24, 2.45) is 0 Å². The minimum atomic E-state index is -3.98. The molecule has 0 saturated heterocycles. The number of hydrogen-bond donors (Lipinski definition) is 2. The first-order valence-electron chi connectivity index (χ1n) is 9.81. The van der Waals surface area contributed by atoms with Crippen LogP contribution in [0.5, 0.6) is 5.75 Å². The van der Waals surface area contributed by atoms with Gasteiger partial charge in [-0.2, -0.15) is 0 Å². The second-order valence-corrected chi connectivity index (χ2v) is 9.04. The van der Waals surface area contributed by atoms with Gasteiger partial charge in [-0.15, -0.1) is 0 Å². The smallest absolute Gasteiger partial charge is 0.261 e. The second kappa shape index (κ2) is 10.0. The molecule has 0 aliphatic rings. The molecule has 1 atom stereocenters. The number of anilines is 1. The first kappa shape index (κ1) is 23.6. The van der Waals surface area contributed by atoms with Gasteiger partial charge >= 0.3 is 0 Å². The Morgan fingerprint density at radius 3 is 2.47 bits per heavy atom. The minimum Gasteiger partial charge on any atom is -0.494 e. The summed E-state index contributed by atoms with van der Waals surface area (Å²) in [6.07, 6.45) is 0. The number of ether oxygens (including phenoxy) is 1. The van der Waals surface area contributed by atoms with E-state index in [2.05, 4.69) is 10.0 Å². The van der Waals surface area contributed by atoms with E-state index in [-0.39, 0.29) is 15.5 Å². The van der Waals surface area contributed by atoms with Gasteiger partial charge in [0.2, 0.25) is 0 Å². The Hall–Kier alpha value is -3.10. The van der Waals surface area contributed by atoms with E-state index >= 15 is 0 Å². The van der Waals surface area contributed by atoms with Crippen molar-refractivity contribution in [2.45, 2.75) is 24.8 Å². The fourth-order valence-corrected chi connectivity index (χ4v) is 4.27. The summed E-state index contributed by atoms with van der Waals surface area (Å²) in [6, 6.07) is 15.6. The van der Waals surface area contributed by atoms with Crippen LogP contribution in [-0.2, 0) is 10.0 Å². The maximum absolute atomic E-state index is 13.5. The van der Waals surface area contributed by atoms with Gasteiger partial charge in [-0.05, 0) is 74.0 Å². The number of halogens is 2. The Morgan fingerprint density at radius 1 is 1.09 bits per heavy atom.